The van der Waals surface area contributed by atoms with Gasteiger partial charge in [-0.15, -0.1) is 0 Å². The third-order valence-corrected chi connectivity index (χ3v) is 5.55. The van der Waals surface area contributed by atoms with Crippen LogP contribution in [0, 0.1) is 0 Å². The Hall–Kier alpha value is -0.800. The number of hydrogen-bond donors (Lipinski definition) is 1. The predicted molar refractivity (Wildman–Crippen MR) is 138 cm³/mol. The van der Waals surface area contributed by atoms with E-state index in [1.165, 1.54) is 22.3 Å². The van der Waals surface area contributed by atoms with Crippen LogP contribution in [0.2, 0.25) is 0 Å². The fourth-order valence-electron chi connectivity index (χ4n) is 2.45. The monoisotopic (exact) mass is 495 g/mol. The Balaban J connectivity index is 0.000000445. The zero-order chi connectivity index (χ0) is 22.2. The van der Waals surface area contributed by atoms with Crippen molar-refractivity contribution in [1.29, 1.82) is 0 Å². The quantitative estimate of drug-likeness (QED) is 0.196. The molecule has 0 unspecified atom stereocenters. The van der Waals surface area contributed by atoms with Crippen molar-refractivity contribution in [1.82, 2.24) is 5.32 Å². The van der Waals surface area contributed by atoms with Crippen molar-refractivity contribution >= 4 is 40.6 Å². The molecular formula is C24H35BrNOPS. The minimum absolute atomic E-state index is 0.569. The molecule has 0 saturated heterocycles. The summed E-state index contributed by atoms with van der Waals surface area (Å²) in [6.45, 7) is 11.7. The van der Waals surface area contributed by atoms with Gasteiger partial charge in [-0.05, 0) is 46.6 Å². The van der Waals surface area contributed by atoms with E-state index in [1.54, 1.807) is 14.2 Å². The molecule has 0 aromatic heterocycles. The van der Waals surface area contributed by atoms with Crippen LogP contribution in [0.15, 0.2) is 42.5 Å². The van der Waals surface area contributed by atoms with Crippen LogP contribution in [0.25, 0.3) is 0 Å². The summed E-state index contributed by atoms with van der Waals surface area (Å²) in [6, 6.07) is 15.2. The van der Waals surface area contributed by atoms with Crippen LogP contribution in [-0.4, -0.2) is 20.1 Å². The molecule has 0 heterocycles. The van der Waals surface area contributed by atoms with Crippen LogP contribution in [0.3, 0.4) is 0 Å². The van der Waals surface area contributed by atoms with Crippen molar-refractivity contribution in [2.45, 2.75) is 58.2 Å². The molecule has 5 heteroatoms. The first kappa shape index (κ1) is 28.2. The van der Waals surface area contributed by atoms with Crippen LogP contribution in [0.5, 0.6) is 5.75 Å². The molecule has 1 N–H and O–H groups in total. The van der Waals surface area contributed by atoms with Gasteiger partial charge in [0, 0.05) is 5.33 Å². The molecule has 0 bridgehead atoms. The first-order chi connectivity index (χ1) is 13.8. The Morgan fingerprint density at radius 1 is 1.03 bits per heavy atom. The molecule has 2 aromatic carbocycles. The second-order valence-corrected chi connectivity index (χ2v) is 8.58. The van der Waals surface area contributed by atoms with E-state index in [0.29, 0.717) is 11.8 Å². The number of aryl methyl sites for hydroxylation is 1. The van der Waals surface area contributed by atoms with Gasteiger partial charge in [-0.2, -0.15) is 0 Å². The second-order valence-electron chi connectivity index (χ2n) is 7.06. The van der Waals surface area contributed by atoms with Gasteiger partial charge in [-0.25, -0.2) is 0 Å². The third-order valence-electron chi connectivity index (χ3n) is 4.32. The van der Waals surface area contributed by atoms with Crippen molar-refractivity contribution in [3.8, 4) is 5.75 Å². The van der Waals surface area contributed by atoms with E-state index in [-0.39, 0.29) is 0 Å². The summed E-state index contributed by atoms with van der Waals surface area (Å²) in [5, 5.41) is 3.60. The standard InChI is InChI=1S/C12H18O.C10H13Br.C2H4NPS/c1-5-10-6-7-11(9(2)3)8-12(10)13-4;1-8(2)10-5-3-9(7-11)4-6-10;1-3-2-4-5/h6-9H,5H2,1-4H3;3-6,8H,7H2,1-2H3;3H,1H3. The average Bonchev–Trinajstić information content (AvgIpc) is 2.74. The summed E-state index contributed by atoms with van der Waals surface area (Å²) in [6.07, 6.45) is 1.03. The number of hydrogen-bond acceptors (Lipinski definition) is 2. The van der Waals surface area contributed by atoms with Crippen LogP contribution < -0.4 is 10.1 Å². The van der Waals surface area contributed by atoms with Gasteiger partial charge in [-0.1, -0.05) is 86.9 Å². The summed E-state index contributed by atoms with van der Waals surface area (Å²) in [5.74, 6) is 4.88. The van der Waals surface area contributed by atoms with Gasteiger partial charge in [0.2, 0.25) is 0 Å². The molecule has 2 nitrogen and oxygen atoms in total. The Morgan fingerprint density at radius 3 is 1.93 bits per heavy atom. The van der Waals surface area contributed by atoms with Crippen LogP contribution in [0.4, 0.5) is 0 Å². The van der Waals surface area contributed by atoms with Crippen molar-refractivity contribution in [3.05, 3.63) is 64.7 Å². The molecular weight excluding hydrogens is 461 g/mol. The van der Waals surface area contributed by atoms with Crippen molar-refractivity contribution < 1.29 is 4.74 Å². The van der Waals surface area contributed by atoms with Gasteiger partial charge in [0.25, 0.3) is 0 Å². The van der Waals surface area contributed by atoms with Crippen molar-refractivity contribution in [2.24, 2.45) is 0 Å². The van der Waals surface area contributed by atoms with E-state index in [9.17, 15) is 0 Å². The maximum absolute atomic E-state index is 5.33. The molecule has 2 rings (SSSR count). The zero-order valence-corrected chi connectivity index (χ0v) is 22.0. The minimum atomic E-state index is 0.569. The Labute approximate surface area is 193 Å². The summed E-state index contributed by atoms with van der Waals surface area (Å²) >= 11 is 7.87. The normalized spacial score (nSPS) is 9.86. The van der Waals surface area contributed by atoms with E-state index in [0.717, 1.165) is 24.5 Å². The molecule has 0 amide bonds. The first-order valence-electron chi connectivity index (χ1n) is 9.90. The predicted octanol–water partition coefficient (Wildman–Crippen LogP) is 7.34. The molecule has 0 aliphatic carbocycles. The maximum atomic E-state index is 5.33. The van der Waals surface area contributed by atoms with Gasteiger partial charge in [0.15, 0.2) is 0 Å². The number of methoxy groups -OCH3 is 1. The van der Waals surface area contributed by atoms with Crippen LogP contribution in [-0.2, 0) is 23.6 Å². The number of benzene rings is 2. The SMILES string of the molecule is CC(C)c1ccc(CBr)cc1.CCc1ccc(C(C)C)cc1OC.CN[C-]=[P+]=S. The van der Waals surface area contributed by atoms with E-state index in [4.69, 9.17) is 4.74 Å². The zero-order valence-electron chi connectivity index (χ0n) is 18.8. The fraction of sp³-hybridized carbons (Fsp3) is 0.458. The summed E-state index contributed by atoms with van der Waals surface area (Å²) in [5.41, 5.74) is 5.38. The van der Waals surface area contributed by atoms with E-state index >= 15 is 0 Å². The van der Waals surface area contributed by atoms with Gasteiger partial charge in [0.1, 0.15) is 5.75 Å². The molecule has 29 heavy (non-hydrogen) atoms. The molecule has 2 aromatic rings. The molecule has 0 radical (unpaired) electrons. The molecule has 0 spiro atoms. The summed E-state index contributed by atoms with van der Waals surface area (Å²) in [4.78, 5) is 0. The Bertz CT molecular complexity index is 741. The first-order valence-corrected chi connectivity index (χ1v) is 12.9. The van der Waals surface area contributed by atoms with Gasteiger partial charge >= 0.3 is 37.1 Å². The Morgan fingerprint density at radius 2 is 1.59 bits per heavy atom. The second kappa shape index (κ2) is 16.9. The number of alkyl halides is 1. The molecule has 0 aliphatic rings. The van der Waals surface area contributed by atoms with E-state index < -0.39 is 0 Å². The molecule has 0 fully saturated rings. The van der Waals surface area contributed by atoms with E-state index in [2.05, 4.69) is 116 Å². The number of nitrogens with one attached hydrogen (secondary N) is 1. The number of rotatable bonds is 6. The van der Waals surface area contributed by atoms with Crippen LogP contribution in [0.1, 0.15) is 68.7 Å². The molecule has 0 saturated carbocycles. The summed E-state index contributed by atoms with van der Waals surface area (Å²) < 4.78 is 5.33. The van der Waals surface area contributed by atoms with Crippen molar-refractivity contribution in [2.75, 3.05) is 14.2 Å². The topological polar surface area (TPSA) is 21.3 Å². The van der Waals surface area contributed by atoms with Gasteiger partial charge in [-0.3, -0.25) is 0 Å². The fourth-order valence-corrected chi connectivity index (χ4v) is 3.19. The Kier molecular flexibility index (Phi) is 16.5. The number of halogens is 1. The van der Waals surface area contributed by atoms with Crippen LogP contribution >= 0.6 is 22.9 Å². The molecule has 0 aliphatic heterocycles. The van der Waals surface area contributed by atoms with Gasteiger partial charge in [0.05, 0.1) is 7.11 Å². The average molecular weight is 496 g/mol. The van der Waals surface area contributed by atoms with Crippen molar-refractivity contribution in [3.63, 3.8) is 0 Å². The van der Waals surface area contributed by atoms with Gasteiger partial charge < -0.3 is 4.74 Å². The summed E-state index contributed by atoms with van der Waals surface area (Å²) in [7, 11) is 3.51. The number of ether oxygens (including phenoxy) is 1. The third kappa shape index (κ3) is 11.8. The molecule has 160 valence electrons. The van der Waals surface area contributed by atoms with E-state index in [1.807, 2.05) is 0 Å². The molecule has 0 atom stereocenters.